The van der Waals surface area contributed by atoms with Crippen LogP contribution < -0.4 is 5.32 Å². The van der Waals surface area contributed by atoms with Crippen LogP contribution in [0, 0.1) is 0 Å². The van der Waals surface area contributed by atoms with Crippen LogP contribution in [0.3, 0.4) is 0 Å². The van der Waals surface area contributed by atoms with Gasteiger partial charge in [0.2, 0.25) is 0 Å². The highest BCUT2D eigenvalue weighted by molar-refractivity contribution is 5.85. The molecular formula is C12H14N2O2. The molecule has 84 valence electrons. The van der Waals surface area contributed by atoms with Crippen LogP contribution in [-0.4, -0.2) is 22.1 Å². The normalized spacial score (nSPS) is 19.4. The van der Waals surface area contributed by atoms with Gasteiger partial charge >= 0.3 is 5.97 Å². The number of carboxylic acid groups (broad SMARTS) is 1. The van der Waals surface area contributed by atoms with Crippen molar-refractivity contribution in [3.8, 4) is 0 Å². The number of hydrogen-bond donors (Lipinski definition) is 2. The minimum atomic E-state index is -0.993. The summed E-state index contributed by atoms with van der Waals surface area (Å²) < 4.78 is 0. The van der Waals surface area contributed by atoms with E-state index >= 15 is 0 Å². The molecule has 2 N–H and O–H groups in total. The summed E-state index contributed by atoms with van der Waals surface area (Å²) in [6.07, 6.45) is 9.14. The summed E-state index contributed by atoms with van der Waals surface area (Å²) in [4.78, 5) is 14.5. The van der Waals surface area contributed by atoms with Gasteiger partial charge in [0.25, 0.3) is 0 Å². The Morgan fingerprint density at radius 2 is 2.31 bits per heavy atom. The van der Waals surface area contributed by atoms with Crippen LogP contribution >= 0.6 is 0 Å². The third-order valence-electron chi connectivity index (χ3n) is 2.62. The van der Waals surface area contributed by atoms with Gasteiger partial charge < -0.3 is 10.4 Å². The van der Waals surface area contributed by atoms with Crippen molar-refractivity contribution >= 4 is 11.7 Å². The summed E-state index contributed by atoms with van der Waals surface area (Å²) in [6.45, 7) is 0. The standard InChI is InChI=1S/C12H14N2O2/c15-12(16)11-7-6-10(8-13-11)14-9-4-2-1-3-5-9/h1-2,6-9,14H,3-5H2,(H,15,16). The number of carboxylic acids is 1. The van der Waals surface area contributed by atoms with Gasteiger partial charge in [0.1, 0.15) is 5.69 Å². The highest BCUT2D eigenvalue weighted by Gasteiger charge is 2.10. The average molecular weight is 218 g/mol. The minimum absolute atomic E-state index is 0.0779. The highest BCUT2D eigenvalue weighted by Crippen LogP contribution is 2.16. The number of nitrogens with zero attached hydrogens (tertiary/aromatic N) is 1. The van der Waals surface area contributed by atoms with E-state index in [1.54, 1.807) is 12.3 Å². The van der Waals surface area contributed by atoms with Crippen LogP contribution in [0.4, 0.5) is 5.69 Å². The van der Waals surface area contributed by atoms with E-state index < -0.39 is 5.97 Å². The molecule has 0 radical (unpaired) electrons. The lowest BCUT2D eigenvalue weighted by Gasteiger charge is -2.20. The second-order valence-corrected chi connectivity index (χ2v) is 3.86. The lowest BCUT2D eigenvalue weighted by Crippen LogP contribution is -2.20. The fraction of sp³-hybridized carbons (Fsp3) is 0.333. The monoisotopic (exact) mass is 218 g/mol. The average Bonchev–Trinajstić information content (AvgIpc) is 2.31. The van der Waals surface area contributed by atoms with Gasteiger partial charge in [0.05, 0.1) is 11.9 Å². The summed E-state index contributed by atoms with van der Waals surface area (Å²) in [6, 6.07) is 3.71. The molecule has 0 saturated heterocycles. The molecule has 0 aliphatic heterocycles. The number of allylic oxidation sites excluding steroid dienone is 1. The van der Waals surface area contributed by atoms with Gasteiger partial charge in [-0.05, 0) is 31.4 Å². The molecule has 0 fully saturated rings. The molecular weight excluding hydrogens is 204 g/mol. The largest absolute Gasteiger partial charge is 0.477 e. The van der Waals surface area contributed by atoms with Gasteiger partial charge in [-0.1, -0.05) is 12.2 Å². The number of anilines is 1. The van der Waals surface area contributed by atoms with Crippen molar-refractivity contribution in [1.82, 2.24) is 4.98 Å². The molecule has 0 saturated carbocycles. The summed E-state index contributed by atoms with van der Waals surface area (Å²) in [7, 11) is 0. The van der Waals surface area contributed by atoms with Gasteiger partial charge in [0, 0.05) is 6.04 Å². The number of aromatic nitrogens is 1. The smallest absolute Gasteiger partial charge is 0.354 e. The van der Waals surface area contributed by atoms with E-state index in [9.17, 15) is 4.79 Å². The lowest BCUT2D eigenvalue weighted by molar-refractivity contribution is 0.0690. The van der Waals surface area contributed by atoms with Gasteiger partial charge in [-0.15, -0.1) is 0 Å². The predicted octanol–water partition coefficient (Wildman–Crippen LogP) is 2.30. The molecule has 1 aromatic heterocycles. The SMILES string of the molecule is O=C(O)c1ccc(NC2CC=CCC2)cn1. The van der Waals surface area contributed by atoms with Gasteiger partial charge in [-0.3, -0.25) is 0 Å². The molecule has 1 aliphatic carbocycles. The Morgan fingerprint density at radius 1 is 1.44 bits per heavy atom. The lowest BCUT2D eigenvalue weighted by atomic mass is 10.0. The quantitative estimate of drug-likeness (QED) is 0.764. The Bertz CT molecular complexity index is 398. The molecule has 0 amide bonds. The van der Waals surface area contributed by atoms with Crippen molar-refractivity contribution in [3.63, 3.8) is 0 Å². The number of nitrogens with one attached hydrogen (secondary N) is 1. The zero-order valence-electron chi connectivity index (χ0n) is 8.89. The van der Waals surface area contributed by atoms with Gasteiger partial charge in [-0.25, -0.2) is 9.78 Å². The summed E-state index contributed by atoms with van der Waals surface area (Å²) in [5.41, 5.74) is 0.958. The molecule has 4 heteroatoms. The molecule has 0 bridgehead atoms. The van der Waals surface area contributed by atoms with E-state index in [1.165, 1.54) is 6.07 Å². The molecule has 1 aromatic rings. The highest BCUT2D eigenvalue weighted by atomic mass is 16.4. The zero-order valence-corrected chi connectivity index (χ0v) is 8.89. The van der Waals surface area contributed by atoms with E-state index in [1.807, 2.05) is 0 Å². The van der Waals surface area contributed by atoms with E-state index in [2.05, 4.69) is 22.5 Å². The number of carbonyl (C=O) groups is 1. The summed E-state index contributed by atoms with van der Waals surface area (Å²) >= 11 is 0. The molecule has 1 unspecified atom stereocenters. The molecule has 1 atom stereocenters. The Labute approximate surface area is 94.0 Å². The first kappa shape index (κ1) is 10.7. The first-order valence-corrected chi connectivity index (χ1v) is 5.36. The third kappa shape index (κ3) is 2.59. The summed E-state index contributed by atoms with van der Waals surface area (Å²) in [5.74, 6) is -0.993. The first-order valence-electron chi connectivity index (χ1n) is 5.36. The Balaban J connectivity index is 1.99. The second kappa shape index (κ2) is 4.79. The number of rotatable bonds is 3. The van der Waals surface area contributed by atoms with E-state index in [4.69, 9.17) is 5.11 Å². The van der Waals surface area contributed by atoms with E-state index in [0.717, 1.165) is 24.9 Å². The Kier molecular flexibility index (Phi) is 3.19. The topological polar surface area (TPSA) is 62.2 Å². The van der Waals surface area contributed by atoms with Gasteiger partial charge in [0.15, 0.2) is 0 Å². The van der Waals surface area contributed by atoms with Crippen molar-refractivity contribution in [2.75, 3.05) is 5.32 Å². The summed E-state index contributed by atoms with van der Waals surface area (Å²) in [5, 5.41) is 12.0. The molecule has 0 aromatic carbocycles. The van der Waals surface area contributed by atoms with Crippen molar-refractivity contribution in [2.24, 2.45) is 0 Å². The predicted molar refractivity (Wildman–Crippen MR) is 61.6 cm³/mol. The molecule has 16 heavy (non-hydrogen) atoms. The molecule has 4 nitrogen and oxygen atoms in total. The van der Waals surface area contributed by atoms with Crippen molar-refractivity contribution in [3.05, 3.63) is 36.2 Å². The maximum absolute atomic E-state index is 10.6. The number of aromatic carboxylic acids is 1. The van der Waals surface area contributed by atoms with Crippen LogP contribution in [-0.2, 0) is 0 Å². The molecule has 0 spiro atoms. The van der Waals surface area contributed by atoms with E-state index in [0.29, 0.717) is 6.04 Å². The second-order valence-electron chi connectivity index (χ2n) is 3.86. The Morgan fingerprint density at radius 3 is 2.88 bits per heavy atom. The minimum Gasteiger partial charge on any atom is -0.477 e. The van der Waals surface area contributed by atoms with Crippen molar-refractivity contribution in [1.29, 1.82) is 0 Å². The maximum Gasteiger partial charge on any atom is 0.354 e. The van der Waals surface area contributed by atoms with Crippen LogP contribution in [0.1, 0.15) is 29.8 Å². The Hall–Kier alpha value is -1.84. The molecule has 1 aliphatic rings. The molecule has 1 heterocycles. The molecule has 2 rings (SSSR count). The van der Waals surface area contributed by atoms with Gasteiger partial charge in [-0.2, -0.15) is 0 Å². The van der Waals surface area contributed by atoms with Crippen LogP contribution in [0.5, 0.6) is 0 Å². The fourth-order valence-corrected chi connectivity index (χ4v) is 1.77. The van der Waals surface area contributed by atoms with Crippen LogP contribution in [0.15, 0.2) is 30.5 Å². The van der Waals surface area contributed by atoms with Crippen LogP contribution in [0.2, 0.25) is 0 Å². The van der Waals surface area contributed by atoms with Crippen molar-refractivity contribution < 1.29 is 9.90 Å². The fourth-order valence-electron chi connectivity index (χ4n) is 1.77. The van der Waals surface area contributed by atoms with Crippen molar-refractivity contribution in [2.45, 2.75) is 25.3 Å². The number of hydrogen-bond acceptors (Lipinski definition) is 3. The first-order chi connectivity index (χ1) is 7.75. The maximum atomic E-state index is 10.6. The number of pyridine rings is 1. The van der Waals surface area contributed by atoms with E-state index in [-0.39, 0.29) is 5.69 Å². The zero-order chi connectivity index (χ0) is 11.4. The third-order valence-corrected chi connectivity index (χ3v) is 2.62. The van der Waals surface area contributed by atoms with Crippen LogP contribution in [0.25, 0.3) is 0 Å².